The lowest BCUT2D eigenvalue weighted by Crippen LogP contribution is -2.43. The van der Waals surface area contributed by atoms with Crippen molar-refractivity contribution in [3.05, 3.63) is 92.7 Å². The second-order valence-electron chi connectivity index (χ2n) is 7.95. The van der Waals surface area contributed by atoms with E-state index >= 15 is 0 Å². The summed E-state index contributed by atoms with van der Waals surface area (Å²) in [6.45, 7) is 6.52. The van der Waals surface area contributed by atoms with Gasteiger partial charge in [0.15, 0.2) is 0 Å². The maximum Gasteiger partial charge on any atom is 0.234 e. The number of aryl methyl sites for hydroxylation is 1. The Kier molecular flexibility index (Phi) is 6.66. The first-order valence-corrected chi connectivity index (χ1v) is 11.7. The van der Waals surface area contributed by atoms with Crippen LogP contribution in [0.4, 0.5) is 0 Å². The topological polar surface area (TPSA) is 32.3 Å². The first-order chi connectivity index (χ1) is 14.7. The fraction of sp³-hybridized carbons (Fsp3) is 0.346. The van der Waals surface area contributed by atoms with Gasteiger partial charge in [0.1, 0.15) is 0 Å². The van der Waals surface area contributed by atoms with Crippen molar-refractivity contribution in [2.24, 2.45) is 0 Å². The van der Waals surface area contributed by atoms with Gasteiger partial charge in [0.2, 0.25) is 5.91 Å². The molecule has 1 unspecified atom stereocenters. The maximum absolute atomic E-state index is 12.8. The zero-order chi connectivity index (χ0) is 20.9. The van der Waals surface area contributed by atoms with Crippen molar-refractivity contribution in [2.75, 3.05) is 19.6 Å². The molecule has 1 N–H and O–H groups in total. The molecule has 1 atom stereocenters. The predicted molar refractivity (Wildman–Crippen MR) is 125 cm³/mol. The van der Waals surface area contributed by atoms with Crippen LogP contribution in [-0.4, -0.2) is 30.4 Å². The van der Waals surface area contributed by atoms with Gasteiger partial charge < -0.3 is 5.32 Å². The number of nitrogens with one attached hydrogen (secondary N) is 1. The predicted octanol–water partition coefficient (Wildman–Crippen LogP) is 4.93. The molecule has 0 radical (unpaired) electrons. The van der Waals surface area contributed by atoms with Crippen LogP contribution < -0.4 is 5.32 Å². The summed E-state index contributed by atoms with van der Waals surface area (Å²) >= 11 is 1.92. The van der Waals surface area contributed by atoms with Gasteiger partial charge in [-0.25, -0.2) is 0 Å². The van der Waals surface area contributed by atoms with Gasteiger partial charge in [-0.3, -0.25) is 9.69 Å². The van der Waals surface area contributed by atoms with Crippen LogP contribution in [-0.2, 0) is 24.1 Å². The molecule has 1 amide bonds. The lowest BCUT2D eigenvalue weighted by Gasteiger charge is -2.36. The molecule has 0 saturated carbocycles. The number of benzene rings is 2. The number of carbonyl (C=O) groups excluding carboxylic acids is 1. The van der Waals surface area contributed by atoms with E-state index in [0.29, 0.717) is 13.1 Å². The average molecular weight is 419 g/mol. The first-order valence-electron chi connectivity index (χ1n) is 10.9. The summed E-state index contributed by atoms with van der Waals surface area (Å²) in [7, 11) is 0. The molecule has 0 aliphatic carbocycles. The summed E-state index contributed by atoms with van der Waals surface area (Å²) in [6.07, 6.45) is 2.98. The van der Waals surface area contributed by atoms with Gasteiger partial charge >= 0.3 is 0 Å². The molecule has 3 nitrogen and oxygen atoms in total. The van der Waals surface area contributed by atoms with E-state index in [1.54, 1.807) is 0 Å². The number of thiophene rings is 1. The Balaban J connectivity index is 1.49. The number of fused-ring (bicyclic) bond motifs is 1. The third kappa shape index (κ3) is 4.50. The number of hydrogen-bond donors (Lipinski definition) is 1. The summed E-state index contributed by atoms with van der Waals surface area (Å²) < 4.78 is 0. The number of hydrogen-bond acceptors (Lipinski definition) is 3. The summed E-state index contributed by atoms with van der Waals surface area (Å²) in [4.78, 5) is 18.0. The molecule has 30 heavy (non-hydrogen) atoms. The highest BCUT2D eigenvalue weighted by atomic mass is 32.1. The normalized spacial score (nSPS) is 16.3. The molecule has 2 aromatic carbocycles. The Morgan fingerprint density at radius 1 is 1.10 bits per heavy atom. The molecule has 2 heterocycles. The minimum Gasteiger partial charge on any atom is -0.355 e. The van der Waals surface area contributed by atoms with Crippen LogP contribution in [0.1, 0.15) is 45.0 Å². The lowest BCUT2D eigenvalue weighted by molar-refractivity contribution is -0.122. The van der Waals surface area contributed by atoms with Crippen LogP contribution in [0.3, 0.4) is 0 Å². The summed E-state index contributed by atoms with van der Waals surface area (Å²) in [5.41, 5.74) is 5.57. The van der Waals surface area contributed by atoms with Crippen molar-refractivity contribution in [2.45, 2.75) is 39.2 Å². The minimum absolute atomic E-state index is 0.110. The van der Waals surface area contributed by atoms with E-state index in [1.807, 2.05) is 29.5 Å². The number of amides is 1. The summed E-state index contributed by atoms with van der Waals surface area (Å²) in [5, 5.41) is 3.12. The SMILES string of the molecule is CCc1c(C)sc2c1CCN(CC(=O)NCCc1ccccc1)C2c1ccccc1. The van der Waals surface area contributed by atoms with Gasteiger partial charge in [-0.2, -0.15) is 0 Å². The Hall–Kier alpha value is -2.43. The van der Waals surface area contributed by atoms with Crippen LogP contribution >= 0.6 is 11.3 Å². The molecule has 0 bridgehead atoms. The number of rotatable bonds is 7. The van der Waals surface area contributed by atoms with Gasteiger partial charge in [0.05, 0.1) is 12.6 Å². The van der Waals surface area contributed by atoms with Crippen LogP contribution in [0, 0.1) is 6.92 Å². The van der Waals surface area contributed by atoms with Crippen molar-refractivity contribution in [3.63, 3.8) is 0 Å². The lowest BCUT2D eigenvalue weighted by atomic mass is 9.91. The molecule has 0 spiro atoms. The van der Waals surface area contributed by atoms with Crippen molar-refractivity contribution in [3.8, 4) is 0 Å². The van der Waals surface area contributed by atoms with Crippen LogP contribution in [0.5, 0.6) is 0 Å². The molecule has 156 valence electrons. The fourth-order valence-corrected chi connectivity index (χ4v) is 6.02. The Morgan fingerprint density at radius 2 is 1.80 bits per heavy atom. The number of nitrogens with zero attached hydrogens (tertiary/aromatic N) is 1. The van der Waals surface area contributed by atoms with Crippen LogP contribution in [0.15, 0.2) is 60.7 Å². The molecule has 1 aliphatic heterocycles. The molecular formula is C26H30N2OS. The highest BCUT2D eigenvalue weighted by Crippen LogP contribution is 2.42. The van der Waals surface area contributed by atoms with E-state index in [2.05, 4.69) is 66.5 Å². The monoisotopic (exact) mass is 418 g/mol. The zero-order valence-electron chi connectivity index (χ0n) is 17.9. The van der Waals surface area contributed by atoms with Crippen molar-refractivity contribution in [1.82, 2.24) is 10.2 Å². The Morgan fingerprint density at radius 3 is 2.50 bits per heavy atom. The first kappa shape index (κ1) is 20.8. The maximum atomic E-state index is 12.8. The van der Waals surface area contributed by atoms with E-state index in [1.165, 1.54) is 32.0 Å². The molecule has 0 fully saturated rings. The second-order valence-corrected chi connectivity index (χ2v) is 9.21. The quantitative estimate of drug-likeness (QED) is 0.590. The van der Waals surface area contributed by atoms with Crippen LogP contribution in [0.2, 0.25) is 0 Å². The van der Waals surface area contributed by atoms with Gasteiger partial charge in [0, 0.05) is 22.8 Å². The smallest absolute Gasteiger partial charge is 0.234 e. The molecule has 4 heteroatoms. The molecule has 0 saturated heterocycles. The number of carbonyl (C=O) groups is 1. The van der Waals surface area contributed by atoms with Crippen LogP contribution in [0.25, 0.3) is 0 Å². The molecule has 1 aliphatic rings. The van der Waals surface area contributed by atoms with E-state index in [0.717, 1.165) is 25.8 Å². The highest BCUT2D eigenvalue weighted by Gasteiger charge is 2.33. The van der Waals surface area contributed by atoms with Crippen molar-refractivity contribution >= 4 is 17.2 Å². The van der Waals surface area contributed by atoms with Gasteiger partial charge in [-0.1, -0.05) is 67.6 Å². The van der Waals surface area contributed by atoms with E-state index in [4.69, 9.17) is 0 Å². The van der Waals surface area contributed by atoms with E-state index < -0.39 is 0 Å². The summed E-state index contributed by atoms with van der Waals surface area (Å²) in [5.74, 6) is 0.110. The van der Waals surface area contributed by atoms with E-state index in [9.17, 15) is 4.79 Å². The fourth-order valence-electron chi connectivity index (χ4n) is 4.56. The third-order valence-electron chi connectivity index (χ3n) is 6.01. The summed E-state index contributed by atoms with van der Waals surface area (Å²) in [6, 6.07) is 21.1. The molecule has 1 aromatic heterocycles. The highest BCUT2D eigenvalue weighted by molar-refractivity contribution is 7.12. The zero-order valence-corrected chi connectivity index (χ0v) is 18.7. The average Bonchev–Trinajstić information content (AvgIpc) is 3.09. The third-order valence-corrected chi connectivity index (χ3v) is 7.25. The van der Waals surface area contributed by atoms with Gasteiger partial charge in [-0.05, 0) is 48.4 Å². The van der Waals surface area contributed by atoms with Gasteiger partial charge in [-0.15, -0.1) is 11.3 Å². The standard InChI is InChI=1S/C26H30N2OS/c1-3-22-19(2)30-26-23(22)15-17-28(25(26)21-12-8-5-9-13-21)18-24(29)27-16-14-20-10-6-4-7-11-20/h4-13,25H,3,14-18H2,1-2H3,(H,27,29). The molecule has 4 rings (SSSR count). The minimum atomic E-state index is 0.110. The Bertz CT molecular complexity index is 981. The molecule has 3 aromatic rings. The van der Waals surface area contributed by atoms with Gasteiger partial charge in [0.25, 0.3) is 0 Å². The Labute approximate surface area is 183 Å². The van der Waals surface area contributed by atoms with E-state index in [-0.39, 0.29) is 11.9 Å². The molecular weight excluding hydrogens is 388 g/mol. The largest absolute Gasteiger partial charge is 0.355 e. The van der Waals surface area contributed by atoms with Crippen molar-refractivity contribution < 1.29 is 4.79 Å². The second kappa shape index (κ2) is 9.59. The van der Waals surface area contributed by atoms with Crippen molar-refractivity contribution in [1.29, 1.82) is 0 Å².